The van der Waals surface area contributed by atoms with Gasteiger partial charge in [0.05, 0.1) is 6.21 Å². The van der Waals surface area contributed by atoms with E-state index < -0.39 is 6.10 Å². The molecule has 0 heterocycles. The molecule has 2 rings (SSSR count). The molecule has 0 saturated carbocycles. The van der Waals surface area contributed by atoms with Crippen LogP contribution in [0.3, 0.4) is 0 Å². The maximum atomic E-state index is 11.8. The number of ether oxygens (including phenoxy) is 1. The van der Waals surface area contributed by atoms with Crippen LogP contribution in [0.15, 0.2) is 65.8 Å². The molecule has 2 aromatic carbocycles. The van der Waals surface area contributed by atoms with Crippen molar-refractivity contribution in [2.24, 2.45) is 5.10 Å². The predicted molar refractivity (Wildman–Crippen MR) is 78.7 cm³/mol. The molecule has 0 aliphatic heterocycles. The second kappa shape index (κ2) is 7.09. The van der Waals surface area contributed by atoms with E-state index in [4.69, 9.17) is 4.74 Å². The summed E-state index contributed by atoms with van der Waals surface area (Å²) < 4.78 is 5.49. The van der Waals surface area contributed by atoms with Crippen molar-refractivity contribution < 1.29 is 9.53 Å². The minimum atomic E-state index is -0.606. The van der Waals surface area contributed by atoms with Crippen LogP contribution in [0.4, 0.5) is 0 Å². The van der Waals surface area contributed by atoms with Crippen molar-refractivity contribution in [3.8, 4) is 5.75 Å². The number of amides is 1. The number of nitrogens with one attached hydrogen (secondary N) is 1. The molecule has 1 N–H and O–H groups in total. The Balaban J connectivity index is 1.84. The normalized spacial score (nSPS) is 12.1. The van der Waals surface area contributed by atoms with Gasteiger partial charge in [0.1, 0.15) is 5.75 Å². The van der Waals surface area contributed by atoms with Crippen molar-refractivity contribution in [1.29, 1.82) is 0 Å². The fraction of sp³-hybridized carbons (Fsp3) is 0.125. The summed E-state index contributed by atoms with van der Waals surface area (Å²) in [4.78, 5) is 11.8. The van der Waals surface area contributed by atoms with E-state index in [0.717, 1.165) is 5.56 Å². The molecule has 0 aromatic heterocycles. The van der Waals surface area contributed by atoms with Crippen LogP contribution >= 0.6 is 0 Å². The molecule has 0 radical (unpaired) electrons. The highest BCUT2D eigenvalue weighted by molar-refractivity contribution is 5.84. The summed E-state index contributed by atoms with van der Waals surface area (Å²) in [5, 5.41) is 3.90. The maximum Gasteiger partial charge on any atom is 0.280 e. The molecule has 0 saturated heterocycles. The Morgan fingerprint density at radius 3 is 2.35 bits per heavy atom. The third kappa shape index (κ3) is 4.24. The zero-order valence-corrected chi connectivity index (χ0v) is 11.2. The van der Waals surface area contributed by atoms with Crippen LogP contribution in [0.2, 0.25) is 0 Å². The van der Waals surface area contributed by atoms with Crippen LogP contribution in [0.5, 0.6) is 5.75 Å². The smallest absolute Gasteiger partial charge is 0.280 e. The molecular weight excluding hydrogens is 252 g/mol. The summed E-state index contributed by atoms with van der Waals surface area (Å²) in [5.74, 6) is 0.364. The van der Waals surface area contributed by atoms with Crippen LogP contribution in [-0.2, 0) is 4.79 Å². The first-order chi connectivity index (χ1) is 9.75. The Morgan fingerprint density at radius 1 is 1.10 bits per heavy atom. The molecule has 20 heavy (non-hydrogen) atoms. The quantitative estimate of drug-likeness (QED) is 0.669. The lowest BCUT2D eigenvalue weighted by Crippen LogP contribution is -2.33. The Hall–Kier alpha value is -2.62. The zero-order chi connectivity index (χ0) is 14.2. The van der Waals surface area contributed by atoms with Gasteiger partial charge >= 0.3 is 0 Å². The van der Waals surface area contributed by atoms with E-state index in [1.54, 1.807) is 25.3 Å². The molecule has 4 nitrogen and oxygen atoms in total. The monoisotopic (exact) mass is 268 g/mol. The molecule has 0 fully saturated rings. The van der Waals surface area contributed by atoms with Crippen molar-refractivity contribution in [3.63, 3.8) is 0 Å². The van der Waals surface area contributed by atoms with Crippen molar-refractivity contribution in [2.75, 3.05) is 0 Å². The van der Waals surface area contributed by atoms with E-state index in [1.807, 2.05) is 48.5 Å². The molecule has 4 heteroatoms. The van der Waals surface area contributed by atoms with E-state index >= 15 is 0 Å². The van der Waals surface area contributed by atoms with Gasteiger partial charge in [-0.3, -0.25) is 4.79 Å². The Bertz CT molecular complexity index is 568. The lowest BCUT2D eigenvalue weighted by atomic mass is 10.2. The van der Waals surface area contributed by atoms with E-state index in [1.165, 1.54) is 0 Å². The lowest BCUT2D eigenvalue weighted by molar-refractivity contribution is -0.127. The molecule has 0 aliphatic carbocycles. The summed E-state index contributed by atoms with van der Waals surface area (Å²) in [5.41, 5.74) is 3.38. The number of rotatable bonds is 5. The average molecular weight is 268 g/mol. The molecule has 0 spiro atoms. The second-order valence-corrected chi connectivity index (χ2v) is 4.22. The predicted octanol–water partition coefficient (Wildman–Crippen LogP) is 2.60. The number of hydrogen-bond donors (Lipinski definition) is 1. The number of benzene rings is 2. The van der Waals surface area contributed by atoms with Crippen molar-refractivity contribution in [1.82, 2.24) is 5.43 Å². The van der Waals surface area contributed by atoms with Gasteiger partial charge in [0.25, 0.3) is 5.91 Å². The van der Waals surface area contributed by atoms with Crippen molar-refractivity contribution in [3.05, 3.63) is 66.2 Å². The summed E-state index contributed by atoms with van der Waals surface area (Å²) in [6.45, 7) is 1.68. The van der Waals surface area contributed by atoms with Crippen LogP contribution in [0.1, 0.15) is 12.5 Å². The number of para-hydroxylation sites is 1. The molecular formula is C16H16N2O2. The number of carbonyl (C=O) groups is 1. The summed E-state index contributed by atoms with van der Waals surface area (Å²) in [6.07, 6.45) is 0.984. The third-order valence-electron chi connectivity index (χ3n) is 2.61. The molecule has 2 aromatic rings. The molecule has 1 atom stereocenters. The van der Waals surface area contributed by atoms with Gasteiger partial charge in [-0.2, -0.15) is 5.10 Å². The molecule has 102 valence electrons. The number of nitrogens with zero attached hydrogens (tertiary/aromatic N) is 1. The minimum absolute atomic E-state index is 0.291. The van der Waals surface area contributed by atoms with Gasteiger partial charge in [-0.15, -0.1) is 0 Å². The fourth-order valence-electron chi connectivity index (χ4n) is 1.56. The highest BCUT2D eigenvalue weighted by Crippen LogP contribution is 2.10. The van der Waals surface area contributed by atoms with Crippen LogP contribution in [0.25, 0.3) is 0 Å². The first-order valence-corrected chi connectivity index (χ1v) is 6.35. The molecule has 0 aliphatic rings. The van der Waals surface area contributed by atoms with Gasteiger partial charge in [-0.1, -0.05) is 48.5 Å². The zero-order valence-electron chi connectivity index (χ0n) is 11.2. The van der Waals surface area contributed by atoms with Gasteiger partial charge in [-0.05, 0) is 24.6 Å². The van der Waals surface area contributed by atoms with Gasteiger partial charge in [-0.25, -0.2) is 5.43 Å². The van der Waals surface area contributed by atoms with Crippen molar-refractivity contribution in [2.45, 2.75) is 13.0 Å². The summed E-state index contributed by atoms with van der Waals surface area (Å²) in [6, 6.07) is 18.7. The molecule has 0 bridgehead atoms. The van der Waals surface area contributed by atoms with Crippen LogP contribution in [0, 0.1) is 0 Å². The van der Waals surface area contributed by atoms with E-state index in [0.29, 0.717) is 5.75 Å². The number of hydrogen-bond acceptors (Lipinski definition) is 3. The van der Waals surface area contributed by atoms with Crippen molar-refractivity contribution >= 4 is 12.1 Å². The molecule has 1 amide bonds. The largest absolute Gasteiger partial charge is 0.481 e. The highest BCUT2D eigenvalue weighted by Gasteiger charge is 2.13. The van der Waals surface area contributed by atoms with Gasteiger partial charge in [0.15, 0.2) is 6.10 Å². The van der Waals surface area contributed by atoms with E-state index in [2.05, 4.69) is 10.5 Å². The first kappa shape index (κ1) is 13.8. The highest BCUT2D eigenvalue weighted by atomic mass is 16.5. The second-order valence-electron chi connectivity index (χ2n) is 4.22. The Labute approximate surface area is 118 Å². The topological polar surface area (TPSA) is 50.7 Å². The van der Waals surface area contributed by atoms with Gasteiger partial charge in [0, 0.05) is 0 Å². The Morgan fingerprint density at radius 2 is 1.70 bits per heavy atom. The third-order valence-corrected chi connectivity index (χ3v) is 2.61. The summed E-state index contributed by atoms with van der Waals surface area (Å²) >= 11 is 0. The van der Waals surface area contributed by atoms with Gasteiger partial charge < -0.3 is 4.74 Å². The maximum absolute atomic E-state index is 11.8. The van der Waals surface area contributed by atoms with E-state index in [-0.39, 0.29) is 5.91 Å². The SMILES string of the molecule is C[C@H](Oc1ccccc1)C(=O)NN=Cc1ccccc1. The van der Waals surface area contributed by atoms with Crippen LogP contribution in [-0.4, -0.2) is 18.2 Å². The number of carbonyl (C=O) groups excluding carboxylic acids is 1. The van der Waals surface area contributed by atoms with E-state index in [9.17, 15) is 4.79 Å². The summed E-state index contributed by atoms with van der Waals surface area (Å²) in [7, 11) is 0. The lowest BCUT2D eigenvalue weighted by Gasteiger charge is -2.12. The minimum Gasteiger partial charge on any atom is -0.481 e. The number of hydrazone groups is 1. The van der Waals surface area contributed by atoms with Gasteiger partial charge in [0.2, 0.25) is 0 Å². The molecule has 0 unspecified atom stereocenters. The standard InChI is InChI=1S/C16H16N2O2/c1-13(20-15-10-6-3-7-11-15)16(19)18-17-12-14-8-4-2-5-9-14/h2-13H,1H3,(H,18,19)/t13-/m0/s1. The fourth-order valence-corrected chi connectivity index (χ4v) is 1.56. The average Bonchev–Trinajstić information content (AvgIpc) is 2.49. The first-order valence-electron chi connectivity index (χ1n) is 6.35. The van der Waals surface area contributed by atoms with Crippen LogP contribution < -0.4 is 10.2 Å². The Kier molecular flexibility index (Phi) is 4.89.